The fourth-order valence-corrected chi connectivity index (χ4v) is 3.16. The average molecular weight is 409 g/mol. The normalized spacial score (nSPS) is 11.9. The van der Waals surface area contributed by atoms with Gasteiger partial charge in [-0.15, -0.1) is 4.65 Å². The molecule has 0 unspecified atom stereocenters. The first-order chi connectivity index (χ1) is 11.4. The lowest BCUT2D eigenvalue weighted by atomic mass is 10.2. The molecule has 0 fully saturated rings. The summed E-state index contributed by atoms with van der Waals surface area (Å²) in [5.74, 6) is 0.853. The highest BCUT2D eigenvalue weighted by molar-refractivity contribution is 9.10. The van der Waals surface area contributed by atoms with Gasteiger partial charge in [0.1, 0.15) is 20.6 Å². The molecule has 0 radical (unpaired) electrons. The van der Waals surface area contributed by atoms with Gasteiger partial charge >= 0.3 is 0 Å². The zero-order chi connectivity index (χ0) is 17.3. The smallest absolute Gasteiger partial charge is 0.215 e. The summed E-state index contributed by atoms with van der Waals surface area (Å²) in [5.41, 5.74) is 2.33. The van der Waals surface area contributed by atoms with Crippen molar-refractivity contribution in [3.8, 4) is 5.75 Å². The maximum absolute atomic E-state index is 6.21. The van der Waals surface area contributed by atoms with Crippen molar-refractivity contribution in [3.63, 3.8) is 0 Å². The van der Waals surface area contributed by atoms with E-state index in [1.54, 1.807) is 0 Å². The second-order valence-corrected chi connectivity index (χ2v) is 7.65. The van der Waals surface area contributed by atoms with Crippen LogP contribution in [0, 0.1) is 0 Å². The summed E-state index contributed by atoms with van der Waals surface area (Å²) in [6.07, 6.45) is 2.07. The van der Waals surface area contributed by atoms with Crippen LogP contribution >= 0.6 is 27.5 Å². The van der Waals surface area contributed by atoms with Crippen LogP contribution in [0.3, 0.4) is 0 Å². The number of hydrogen-bond acceptors (Lipinski definition) is 1. The number of aromatic nitrogens is 1. The van der Waals surface area contributed by atoms with E-state index < -0.39 is 0 Å². The van der Waals surface area contributed by atoms with Gasteiger partial charge in [0.25, 0.3) is 0 Å². The quantitative estimate of drug-likeness (QED) is 0.402. The van der Waals surface area contributed by atoms with Crippen molar-refractivity contribution in [2.75, 3.05) is 20.6 Å². The summed E-state index contributed by atoms with van der Waals surface area (Å²) in [4.78, 5) is 6.21. The van der Waals surface area contributed by atoms with Crippen LogP contribution in [0.1, 0.15) is 12.5 Å². The molecule has 3 rings (SSSR count). The standard InChI is InChI=1S/C19H21BrClN2O/c1-4-23(2,3)24-19-13-22(12-14-7-5-6-8-17(14)20)18-10-9-15(21)11-16(18)19/h5-11,13H,4,12H2,1-3H3/q+1. The molecule has 126 valence electrons. The number of quaternary nitrogens is 1. The van der Waals surface area contributed by atoms with Crippen molar-refractivity contribution >= 4 is 38.4 Å². The predicted molar refractivity (Wildman–Crippen MR) is 103 cm³/mol. The molecule has 24 heavy (non-hydrogen) atoms. The fraction of sp³-hybridized carbons (Fsp3) is 0.263. The molecule has 1 aromatic heterocycles. The third-order valence-electron chi connectivity index (χ3n) is 4.21. The van der Waals surface area contributed by atoms with Gasteiger partial charge in [0, 0.05) is 16.0 Å². The van der Waals surface area contributed by atoms with E-state index in [9.17, 15) is 0 Å². The van der Waals surface area contributed by atoms with Crippen LogP contribution in [-0.4, -0.2) is 29.9 Å². The van der Waals surface area contributed by atoms with Crippen molar-refractivity contribution in [3.05, 3.63) is 63.7 Å². The number of halogens is 2. The Balaban J connectivity index is 2.07. The van der Waals surface area contributed by atoms with Crippen LogP contribution < -0.4 is 4.84 Å². The van der Waals surface area contributed by atoms with Crippen molar-refractivity contribution in [2.24, 2.45) is 0 Å². The van der Waals surface area contributed by atoms with Gasteiger partial charge in [-0.05, 0) is 36.8 Å². The highest BCUT2D eigenvalue weighted by atomic mass is 79.9. The third-order valence-corrected chi connectivity index (χ3v) is 5.22. The van der Waals surface area contributed by atoms with Crippen molar-refractivity contribution in [2.45, 2.75) is 13.5 Å². The molecule has 0 aliphatic rings. The molecule has 0 aliphatic carbocycles. The Hall–Kier alpha value is -1.49. The largest absolute Gasteiger partial charge is 0.339 e. The van der Waals surface area contributed by atoms with Gasteiger partial charge in [-0.3, -0.25) is 0 Å². The predicted octanol–water partition coefficient (Wildman–Crippen LogP) is 5.50. The summed E-state index contributed by atoms with van der Waals surface area (Å²) < 4.78 is 3.77. The van der Waals surface area contributed by atoms with Gasteiger partial charge < -0.3 is 9.40 Å². The molecule has 5 heteroatoms. The van der Waals surface area contributed by atoms with Crippen LogP contribution in [-0.2, 0) is 6.54 Å². The SMILES string of the molecule is CC[N+](C)(C)Oc1cn(Cc2ccccc2Br)c2ccc(Cl)cc12. The molecule has 0 saturated carbocycles. The van der Waals surface area contributed by atoms with E-state index in [4.69, 9.17) is 16.4 Å². The van der Waals surface area contributed by atoms with Gasteiger partial charge in [0.15, 0.2) is 0 Å². The van der Waals surface area contributed by atoms with E-state index in [1.165, 1.54) is 5.56 Å². The molecular formula is C19H21BrClN2O+. The first kappa shape index (κ1) is 17.3. The second kappa shape index (κ2) is 6.79. The van der Waals surface area contributed by atoms with E-state index >= 15 is 0 Å². The van der Waals surface area contributed by atoms with Gasteiger partial charge in [-0.2, -0.15) is 0 Å². The topological polar surface area (TPSA) is 14.2 Å². The Bertz CT molecular complexity index is 873. The molecule has 1 heterocycles. The minimum atomic E-state index is 0.459. The molecule has 2 aromatic carbocycles. The van der Waals surface area contributed by atoms with Crippen LogP contribution in [0.25, 0.3) is 10.9 Å². The van der Waals surface area contributed by atoms with E-state index in [-0.39, 0.29) is 0 Å². The lowest BCUT2D eigenvalue weighted by Gasteiger charge is -2.25. The number of fused-ring (bicyclic) bond motifs is 1. The van der Waals surface area contributed by atoms with Crippen LogP contribution in [0.2, 0.25) is 5.02 Å². The minimum absolute atomic E-state index is 0.459. The Kier molecular flexibility index (Phi) is 4.90. The number of benzene rings is 2. The lowest BCUT2D eigenvalue weighted by molar-refractivity contribution is -1.05. The lowest BCUT2D eigenvalue weighted by Crippen LogP contribution is -2.42. The third kappa shape index (κ3) is 3.61. The van der Waals surface area contributed by atoms with E-state index in [0.29, 0.717) is 9.67 Å². The highest BCUT2D eigenvalue weighted by Gasteiger charge is 2.20. The van der Waals surface area contributed by atoms with Crippen molar-refractivity contribution < 1.29 is 9.48 Å². The molecule has 0 N–H and O–H groups in total. The Morgan fingerprint density at radius 2 is 1.92 bits per heavy atom. The zero-order valence-corrected chi connectivity index (χ0v) is 16.4. The molecular weight excluding hydrogens is 388 g/mol. The number of nitrogens with zero attached hydrogens (tertiary/aromatic N) is 2. The van der Waals surface area contributed by atoms with E-state index in [1.807, 2.05) is 38.4 Å². The molecule has 3 nitrogen and oxygen atoms in total. The molecule has 0 spiro atoms. The monoisotopic (exact) mass is 407 g/mol. The van der Waals surface area contributed by atoms with E-state index in [2.05, 4.69) is 51.8 Å². The number of rotatable bonds is 5. The van der Waals surface area contributed by atoms with Gasteiger partial charge in [0.05, 0.1) is 17.1 Å². The summed E-state index contributed by atoms with van der Waals surface area (Å²) in [6.45, 7) is 3.74. The van der Waals surface area contributed by atoms with Gasteiger partial charge in [-0.25, -0.2) is 0 Å². The van der Waals surface area contributed by atoms with Crippen LogP contribution in [0.4, 0.5) is 0 Å². The number of hydroxylamine groups is 3. The first-order valence-corrected chi connectivity index (χ1v) is 9.11. The van der Waals surface area contributed by atoms with Gasteiger partial charge in [-0.1, -0.05) is 45.7 Å². The van der Waals surface area contributed by atoms with Gasteiger partial charge in [0.2, 0.25) is 5.75 Å². The minimum Gasteiger partial charge on any atom is -0.339 e. The van der Waals surface area contributed by atoms with Crippen molar-refractivity contribution in [1.82, 2.24) is 4.57 Å². The van der Waals surface area contributed by atoms with E-state index in [0.717, 1.165) is 34.2 Å². The molecule has 0 amide bonds. The van der Waals surface area contributed by atoms with Crippen LogP contribution in [0.5, 0.6) is 5.75 Å². The van der Waals surface area contributed by atoms with Crippen molar-refractivity contribution in [1.29, 1.82) is 0 Å². The zero-order valence-electron chi connectivity index (χ0n) is 14.1. The van der Waals surface area contributed by atoms with Crippen LogP contribution in [0.15, 0.2) is 53.1 Å². The molecule has 0 bridgehead atoms. The summed E-state index contributed by atoms with van der Waals surface area (Å²) in [7, 11) is 4.09. The Morgan fingerprint density at radius 1 is 1.17 bits per heavy atom. The maximum Gasteiger partial charge on any atom is 0.215 e. The maximum atomic E-state index is 6.21. The summed E-state index contributed by atoms with van der Waals surface area (Å²) >= 11 is 9.84. The number of hydrogen-bond donors (Lipinski definition) is 0. The summed E-state index contributed by atoms with van der Waals surface area (Å²) in [6, 6.07) is 14.2. The second-order valence-electron chi connectivity index (χ2n) is 6.36. The summed E-state index contributed by atoms with van der Waals surface area (Å²) in [5, 5.41) is 1.75. The Labute approximate surface area is 156 Å². The fourth-order valence-electron chi connectivity index (χ4n) is 2.58. The molecule has 0 saturated heterocycles. The Morgan fingerprint density at radius 3 is 2.62 bits per heavy atom. The molecule has 0 atom stereocenters. The first-order valence-electron chi connectivity index (χ1n) is 7.94. The highest BCUT2D eigenvalue weighted by Crippen LogP contribution is 2.33. The molecule has 3 aromatic rings. The molecule has 0 aliphatic heterocycles. The average Bonchev–Trinajstić information content (AvgIpc) is 2.86.